The van der Waals surface area contributed by atoms with Crippen LogP contribution in [0.15, 0.2) is 35.3 Å². The van der Waals surface area contributed by atoms with E-state index in [1.165, 1.54) is 15.6 Å². The van der Waals surface area contributed by atoms with Crippen molar-refractivity contribution in [2.24, 2.45) is 7.05 Å². The van der Waals surface area contributed by atoms with Crippen LogP contribution in [0.3, 0.4) is 0 Å². The minimum atomic E-state index is -0.245. The lowest BCUT2D eigenvalue weighted by molar-refractivity contribution is 0.595. The van der Waals surface area contributed by atoms with E-state index in [1.807, 2.05) is 6.07 Å². The second kappa shape index (κ2) is 4.59. The van der Waals surface area contributed by atoms with E-state index in [0.29, 0.717) is 16.6 Å². The summed E-state index contributed by atoms with van der Waals surface area (Å²) in [4.78, 5) is 12.2. The van der Waals surface area contributed by atoms with Crippen LogP contribution in [0.1, 0.15) is 11.1 Å². The first kappa shape index (κ1) is 12.0. The summed E-state index contributed by atoms with van der Waals surface area (Å²) in [5.41, 5.74) is 1.58. The molecule has 0 atom stereocenters. The van der Waals surface area contributed by atoms with Crippen molar-refractivity contribution in [2.45, 2.75) is 6.54 Å². The van der Waals surface area contributed by atoms with Crippen molar-refractivity contribution in [3.8, 4) is 6.07 Å². The van der Waals surface area contributed by atoms with E-state index in [9.17, 15) is 4.79 Å². The molecule has 2 heterocycles. The van der Waals surface area contributed by atoms with Crippen LogP contribution in [0.5, 0.6) is 0 Å². The van der Waals surface area contributed by atoms with Gasteiger partial charge in [0.05, 0.1) is 24.4 Å². The fourth-order valence-corrected chi connectivity index (χ4v) is 1.99. The number of fused-ring (bicyclic) bond motifs is 1. The first-order valence-corrected chi connectivity index (χ1v) is 5.93. The van der Waals surface area contributed by atoms with Crippen LogP contribution < -0.4 is 5.56 Å². The average Bonchev–Trinajstić information content (AvgIpc) is 2.84. The SMILES string of the molecule is Cn1ncc2c(=O)n(Cc3cccc(C#N)c3)nnc21. The van der Waals surface area contributed by atoms with Gasteiger partial charge in [-0.05, 0) is 17.7 Å². The minimum Gasteiger partial charge on any atom is -0.267 e. The maximum atomic E-state index is 12.2. The van der Waals surface area contributed by atoms with Crippen molar-refractivity contribution in [3.63, 3.8) is 0 Å². The molecule has 98 valence electrons. The number of rotatable bonds is 2. The molecular weight excluding hydrogens is 256 g/mol. The highest BCUT2D eigenvalue weighted by Gasteiger charge is 2.09. The molecule has 0 amide bonds. The van der Waals surface area contributed by atoms with E-state index >= 15 is 0 Å². The molecule has 3 aromatic rings. The molecule has 0 N–H and O–H groups in total. The molecular formula is C13H10N6O. The van der Waals surface area contributed by atoms with Crippen molar-refractivity contribution in [2.75, 3.05) is 0 Å². The summed E-state index contributed by atoms with van der Waals surface area (Å²) >= 11 is 0. The first-order valence-electron chi connectivity index (χ1n) is 5.93. The van der Waals surface area contributed by atoms with Gasteiger partial charge in [0.25, 0.3) is 5.56 Å². The van der Waals surface area contributed by atoms with Crippen LogP contribution in [0.25, 0.3) is 11.0 Å². The van der Waals surface area contributed by atoms with Crippen molar-refractivity contribution < 1.29 is 0 Å². The Balaban J connectivity index is 2.05. The molecule has 0 saturated carbocycles. The van der Waals surface area contributed by atoms with Crippen LogP contribution in [-0.4, -0.2) is 24.8 Å². The normalized spacial score (nSPS) is 10.6. The summed E-state index contributed by atoms with van der Waals surface area (Å²) in [5, 5.41) is 21.2. The lowest BCUT2D eigenvalue weighted by Gasteiger charge is -2.04. The standard InChI is InChI=1S/C13H10N6O/c1-18-12-11(7-15-18)13(20)19(17-16-12)8-10-4-2-3-9(5-10)6-14/h2-5,7H,8H2,1H3. The Morgan fingerprint density at radius 1 is 1.40 bits per heavy atom. The molecule has 0 radical (unpaired) electrons. The van der Waals surface area contributed by atoms with Gasteiger partial charge >= 0.3 is 0 Å². The summed E-state index contributed by atoms with van der Waals surface area (Å²) in [5.74, 6) is 0. The number of aryl methyl sites for hydroxylation is 1. The van der Waals surface area contributed by atoms with Gasteiger partial charge < -0.3 is 0 Å². The lowest BCUT2D eigenvalue weighted by atomic mass is 10.1. The summed E-state index contributed by atoms with van der Waals surface area (Å²) in [7, 11) is 1.71. The van der Waals surface area contributed by atoms with Gasteiger partial charge in [-0.25, -0.2) is 9.36 Å². The second-order valence-electron chi connectivity index (χ2n) is 4.37. The van der Waals surface area contributed by atoms with Crippen molar-refractivity contribution in [1.82, 2.24) is 24.8 Å². The molecule has 0 spiro atoms. The fraction of sp³-hybridized carbons (Fsp3) is 0.154. The highest BCUT2D eigenvalue weighted by Crippen LogP contribution is 2.06. The maximum Gasteiger partial charge on any atom is 0.281 e. The number of hydrogen-bond acceptors (Lipinski definition) is 5. The quantitative estimate of drug-likeness (QED) is 0.671. The van der Waals surface area contributed by atoms with E-state index in [1.54, 1.807) is 25.2 Å². The van der Waals surface area contributed by atoms with Crippen LogP contribution in [0.2, 0.25) is 0 Å². The lowest BCUT2D eigenvalue weighted by Crippen LogP contribution is -2.24. The summed E-state index contributed by atoms with van der Waals surface area (Å²) in [6.45, 7) is 0.270. The maximum absolute atomic E-state index is 12.2. The van der Waals surface area contributed by atoms with Crippen LogP contribution in [-0.2, 0) is 13.6 Å². The third-order valence-corrected chi connectivity index (χ3v) is 3.01. The Bertz CT molecular complexity index is 886. The van der Waals surface area contributed by atoms with Crippen molar-refractivity contribution >= 4 is 11.0 Å². The number of aromatic nitrogens is 5. The third kappa shape index (κ3) is 1.93. The van der Waals surface area contributed by atoms with Gasteiger partial charge in [-0.2, -0.15) is 10.4 Å². The molecule has 0 aliphatic heterocycles. The van der Waals surface area contributed by atoms with E-state index in [4.69, 9.17) is 5.26 Å². The van der Waals surface area contributed by atoms with Crippen molar-refractivity contribution in [1.29, 1.82) is 5.26 Å². The molecule has 0 aliphatic carbocycles. The Hall–Kier alpha value is -3.01. The predicted molar refractivity (Wildman–Crippen MR) is 70.8 cm³/mol. The molecule has 0 saturated heterocycles. The van der Waals surface area contributed by atoms with Gasteiger partial charge in [-0.15, -0.1) is 5.10 Å². The van der Waals surface area contributed by atoms with Gasteiger partial charge in [-0.3, -0.25) is 4.79 Å². The Labute approximate surface area is 113 Å². The number of nitriles is 1. The molecule has 0 unspecified atom stereocenters. The average molecular weight is 266 g/mol. The Morgan fingerprint density at radius 3 is 3.05 bits per heavy atom. The number of nitrogens with zero attached hydrogens (tertiary/aromatic N) is 6. The smallest absolute Gasteiger partial charge is 0.267 e. The topological polar surface area (TPSA) is 89.4 Å². The summed E-state index contributed by atoms with van der Waals surface area (Å²) in [6, 6.07) is 9.11. The molecule has 20 heavy (non-hydrogen) atoms. The highest BCUT2D eigenvalue weighted by atomic mass is 16.1. The van der Waals surface area contributed by atoms with Crippen LogP contribution in [0.4, 0.5) is 0 Å². The molecule has 0 aliphatic rings. The first-order chi connectivity index (χ1) is 9.69. The number of benzene rings is 1. The molecule has 7 nitrogen and oxygen atoms in total. The van der Waals surface area contributed by atoms with Crippen molar-refractivity contribution in [3.05, 3.63) is 51.9 Å². The highest BCUT2D eigenvalue weighted by molar-refractivity contribution is 5.72. The zero-order chi connectivity index (χ0) is 14.1. The third-order valence-electron chi connectivity index (χ3n) is 3.01. The van der Waals surface area contributed by atoms with Crippen LogP contribution >= 0.6 is 0 Å². The van der Waals surface area contributed by atoms with Gasteiger partial charge in [0.2, 0.25) is 0 Å². The molecule has 0 bridgehead atoms. The molecule has 2 aromatic heterocycles. The van der Waals surface area contributed by atoms with Gasteiger partial charge in [0, 0.05) is 7.05 Å². The summed E-state index contributed by atoms with van der Waals surface area (Å²) < 4.78 is 2.77. The Kier molecular flexibility index (Phi) is 2.76. The second-order valence-corrected chi connectivity index (χ2v) is 4.37. The molecule has 7 heteroatoms. The molecule has 0 fully saturated rings. The van der Waals surface area contributed by atoms with E-state index in [0.717, 1.165) is 5.56 Å². The summed E-state index contributed by atoms with van der Waals surface area (Å²) in [6.07, 6.45) is 1.48. The van der Waals surface area contributed by atoms with Gasteiger partial charge in [0.15, 0.2) is 5.65 Å². The number of hydrogen-bond donors (Lipinski definition) is 0. The van der Waals surface area contributed by atoms with Crippen LogP contribution in [0, 0.1) is 11.3 Å². The molecule has 3 rings (SSSR count). The van der Waals surface area contributed by atoms with Gasteiger partial charge in [0.1, 0.15) is 5.39 Å². The largest absolute Gasteiger partial charge is 0.281 e. The molecule has 1 aromatic carbocycles. The van der Waals surface area contributed by atoms with E-state index in [2.05, 4.69) is 21.5 Å². The fourth-order valence-electron chi connectivity index (χ4n) is 1.99. The monoisotopic (exact) mass is 266 g/mol. The zero-order valence-corrected chi connectivity index (χ0v) is 10.7. The minimum absolute atomic E-state index is 0.245. The van der Waals surface area contributed by atoms with Gasteiger partial charge in [-0.1, -0.05) is 17.3 Å². The predicted octanol–water partition coefficient (Wildman–Crippen LogP) is 0.445. The van der Waals surface area contributed by atoms with E-state index in [-0.39, 0.29) is 12.1 Å². The van der Waals surface area contributed by atoms with E-state index < -0.39 is 0 Å². The zero-order valence-electron chi connectivity index (χ0n) is 10.7. The Morgan fingerprint density at radius 2 is 2.25 bits per heavy atom.